The topological polar surface area (TPSA) is 45.2 Å². The molecule has 0 aromatic carbocycles. The van der Waals surface area contributed by atoms with Crippen LogP contribution >= 0.6 is 0 Å². The molecule has 1 unspecified atom stereocenters. The van der Waals surface area contributed by atoms with Crippen LogP contribution in [-0.2, 0) is 11.3 Å². The summed E-state index contributed by atoms with van der Waals surface area (Å²) in [7, 11) is 1.84. The summed E-state index contributed by atoms with van der Waals surface area (Å²) in [4.78, 5) is 18.3. The molecule has 0 aliphatic carbocycles. The molecule has 0 bridgehead atoms. The molecule has 2 rings (SSSR count). The fourth-order valence-corrected chi connectivity index (χ4v) is 2.30. The zero-order valence-corrected chi connectivity index (χ0v) is 10.4. The predicted molar refractivity (Wildman–Crippen MR) is 66.4 cm³/mol. The van der Waals surface area contributed by atoms with Crippen molar-refractivity contribution in [2.75, 3.05) is 13.6 Å². The number of nitrogens with one attached hydrogen (secondary N) is 1. The molecule has 1 aromatic heterocycles. The maximum atomic E-state index is 12.3. The van der Waals surface area contributed by atoms with Gasteiger partial charge in [-0.2, -0.15) is 0 Å². The fraction of sp³-hybridized carbons (Fsp3) is 0.538. The van der Waals surface area contributed by atoms with Gasteiger partial charge in [-0.15, -0.1) is 0 Å². The average molecular weight is 233 g/mol. The Bertz CT molecular complexity index is 385. The molecule has 1 aromatic rings. The van der Waals surface area contributed by atoms with Crippen LogP contribution in [-0.4, -0.2) is 34.9 Å². The third-order valence-corrected chi connectivity index (χ3v) is 3.31. The lowest BCUT2D eigenvalue weighted by atomic mass is 9.98. The molecule has 4 nitrogen and oxygen atoms in total. The number of pyridine rings is 1. The Morgan fingerprint density at radius 3 is 3.00 bits per heavy atom. The molecular weight excluding hydrogens is 214 g/mol. The van der Waals surface area contributed by atoms with E-state index in [1.54, 1.807) is 11.1 Å². The second-order valence-electron chi connectivity index (χ2n) is 4.84. The van der Waals surface area contributed by atoms with Gasteiger partial charge in [0.1, 0.15) is 0 Å². The highest BCUT2D eigenvalue weighted by atomic mass is 16.2. The largest absolute Gasteiger partial charge is 0.338 e. The fourth-order valence-electron chi connectivity index (χ4n) is 2.30. The van der Waals surface area contributed by atoms with E-state index in [0.717, 1.165) is 25.1 Å². The predicted octanol–water partition coefficient (Wildman–Crippen LogP) is 1.18. The van der Waals surface area contributed by atoms with Gasteiger partial charge in [0.2, 0.25) is 5.91 Å². The van der Waals surface area contributed by atoms with Crippen molar-refractivity contribution in [3.05, 3.63) is 30.1 Å². The molecule has 1 atom stereocenters. The van der Waals surface area contributed by atoms with Gasteiger partial charge in [0.15, 0.2) is 0 Å². The lowest BCUT2D eigenvalue weighted by molar-refractivity contribution is -0.136. The van der Waals surface area contributed by atoms with Gasteiger partial charge in [0.05, 0.1) is 17.8 Å². The van der Waals surface area contributed by atoms with E-state index in [4.69, 9.17) is 0 Å². The number of likely N-dealkylation sites (N-methyl/N-ethyl adjacent to an activating group) is 1. The van der Waals surface area contributed by atoms with Gasteiger partial charge in [-0.25, -0.2) is 0 Å². The van der Waals surface area contributed by atoms with E-state index in [0.29, 0.717) is 6.54 Å². The maximum absolute atomic E-state index is 12.3. The quantitative estimate of drug-likeness (QED) is 0.852. The molecule has 0 radical (unpaired) electrons. The van der Waals surface area contributed by atoms with Crippen LogP contribution < -0.4 is 5.32 Å². The molecule has 2 heterocycles. The first-order valence-electron chi connectivity index (χ1n) is 6.02. The molecule has 1 amide bonds. The van der Waals surface area contributed by atoms with Crippen LogP contribution in [0.4, 0.5) is 0 Å². The molecule has 1 fully saturated rings. The molecule has 92 valence electrons. The Kier molecular flexibility index (Phi) is 3.43. The third kappa shape index (κ3) is 2.64. The molecule has 1 N–H and O–H groups in total. The van der Waals surface area contributed by atoms with Crippen molar-refractivity contribution in [1.29, 1.82) is 0 Å². The Hall–Kier alpha value is -1.42. The lowest BCUT2D eigenvalue weighted by Gasteiger charge is -2.29. The lowest BCUT2D eigenvalue weighted by Crippen LogP contribution is -2.51. The number of aromatic nitrogens is 1. The average Bonchev–Trinajstić information content (AvgIpc) is 2.78. The number of carbonyl (C=O) groups excluding carboxylic acids is 1. The van der Waals surface area contributed by atoms with E-state index < -0.39 is 0 Å². The summed E-state index contributed by atoms with van der Waals surface area (Å²) < 4.78 is 0. The van der Waals surface area contributed by atoms with Crippen LogP contribution in [0.1, 0.15) is 25.5 Å². The normalized spacial score (nSPS) is 23.6. The van der Waals surface area contributed by atoms with Crippen molar-refractivity contribution in [2.24, 2.45) is 0 Å². The Balaban J connectivity index is 2.00. The van der Waals surface area contributed by atoms with Crippen LogP contribution in [0.3, 0.4) is 0 Å². The van der Waals surface area contributed by atoms with Gasteiger partial charge in [-0.1, -0.05) is 6.07 Å². The first-order chi connectivity index (χ1) is 8.12. The molecular formula is C13H19N3O. The Morgan fingerprint density at radius 1 is 1.59 bits per heavy atom. The van der Waals surface area contributed by atoms with E-state index in [9.17, 15) is 4.79 Å². The van der Waals surface area contributed by atoms with Crippen LogP contribution in [0.5, 0.6) is 0 Å². The van der Waals surface area contributed by atoms with Crippen LogP contribution in [0.15, 0.2) is 24.4 Å². The minimum Gasteiger partial charge on any atom is -0.338 e. The smallest absolute Gasteiger partial charge is 0.242 e. The van der Waals surface area contributed by atoms with Gasteiger partial charge in [-0.3, -0.25) is 9.78 Å². The molecule has 0 spiro atoms. The molecule has 1 aliphatic rings. The van der Waals surface area contributed by atoms with Gasteiger partial charge in [0, 0.05) is 13.2 Å². The van der Waals surface area contributed by atoms with Crippen molar-refractivity contribution in [3.8, 4) is 0 Å². The van der Waals surface area contributed by atoms with Crippen molar-refractivity contribution in [3.63, 3.8) is 0 Å². The van der Waals surface area contributed by atoms with Crippen molar-refractivity contribution in [2.45, 2.75) is 31.8 Å². The molecule has 1 saturated heterocycles. The summed E-state index contributed by atoms with van der Waals surface area (Å²) >= 11 is 0. The monoisotopic (exact) mass is 233 g/mol. The molecule has 4 heteroatoms. The van der Waals surface area contributed by atoms with Crippen LogP contribution in [0.2, 0.25) is 0 Å². The van der Waals surface area contributed by atoms with Gasteiger partial charge >= 0.3 is 0 Å². The first-order valence-corrected chi connectivity index (χ1v) is 6.02. The minimum atomic E-state index is -0.385. The van der Waals surface area contributed by atoms with E-state index in [1.807, 2.05) is 32.2 Å². The number of amides is 1. The van der Waals surface area contributed by atoms with Gasteiger partial charge < -0.3 is 10.2 Å². The van der Waals surface area contributed by atoms with Crippen molar-refractivity contribution in [1.82, 2.24) is 15.2 Å². The summed E-state index contributed by atoms with van der Waals surface area (Å²) in [5.74, 6) is 0.153. The number of hydrogen-bond acceptors (Lipinski definition) is 3. The number of rotatable bonds is 3. The number of carbonyl (C=O) groups is 1. The highest BCUT2D eigenvalue weighted by molar-refractivity contribution is 5.86. The van der Waals surface area contributed by atoms with Crippen molar-refractivity contribution >= 4 is 5.91 Å². The van der Waals surface area contributed by atoms with Gasteiger partial charge in [-0.05, 0) is 38.4 Å². The molecule has 17 heavy (non-hydrogen) atoms. The van der Waals surface area contributed by atoms with E-state index in [-0.39, 0.29) is 11.4 Å². The Labute approximate surface area is 102 Å². The van der Waals surface area contributed by atoms with Crippen LogP contribution in [0.25, 0.3) is 0 Å². The summed E-state index contributed by atoms with van der Waals surface area (Å²) in [6, 6.07) is 5.76. The molecule has 1 aliphatic heterocycles. The first kappa shape index (κ1) is 12.0. The standard InChI is InChI=1S/C13H19N3O/c1-13(7-5-9-15-13)12(17)16(2)10-11-6-3-4-8-14-11/h3-4,6,8,15H,5,7,9-10H2,1-2H3. The van der Waals surface area contributed by atoms with E-state index in [2.05, 4.69) is 10.3 Å². The maximum Gasteiger partial charge on any atom is 0.242 e. The van der Waals surface area contributed by atoms with E-state index >= 15 is 0 Å². The van der Waals surface area contributed by atoms with Gasteiger partial charge in [0.25, 0.3) is 0 Å². The summed E-state index contributed by atoms with van der Waals surface area (Å²) in [6.07, 6.45) is 3.74. The zero-order valence-electron chi connectivity index (χ0n) is 10.4. The third-order valence-electron chi connectivity index (χ3n) is 3.31. The zero-order chi connectivity index (χ0) is 12.3. The second kappa shape index (κ2) is 4.84. The van der Waals surface area contributed by atoms with Crippen LogP contribution in [0, 0.1) is 0 Å². The number of nitrogens with zero attached hydrogens (tertiary/aromatic N) is 2. The SMILES string of the molecule is CN(Cc1ccccn1)C(=O)C1(C)CCCN1. The molecule has 0 saturated carbocycles. The number of hydrogen-bond donors (Lipinski definition) is 1. The Morgan fingerprint density at radius 2 is 2.41 bits per heavy atom. The second-order valence-corrected chi connectivity index (χ2v) is 4.84. The minimum absolute atomic E-state index is 0.153. The summed E-state index contributed by atoms with van der Waals surface area (Å²) in [6.45, 7) is 3.48. The highest BCUT2D eigenvalue weighted by Crippen LogP contribution is 2.21. The summed E-state index contributed by atoms with van der Waals surface area (Å²) in [5.41, 5.74) is 0.536. The van der Waals surface area contributed by atoms with E-state index in [1.165, 1.54) is 0 Å². The summed E-state index contributed by atoms with van der Waals surface area (Å²) in [5, 5.41) is 3.29. The van der Waals surface area contributed by atoms with Crippen molar-refractivity contribution < 1.29 is 4.79 Å². The highest BCUT2D eigenvalue weighted by Gasteiger charge is 2.37.